The van der Waals surface area contributed by atoms with E-state index in [1.165, 1.54) is 38.5 Å². The van der Waals surface area contributed by atoms with Crippen molar-refractivity contribution in [3.05, 3.63) is 47.5 Å². The van der Waals surface area contributed by atoms with Crippen LogP contribution in [0.2, 0.25) is 0 Å². The Morgan fingerprint density at radius 2 is 1.67 bits per heavy atom. The monoisotopic (exact) mass is 519 g/mol. The van der Waals surface area contributed by atoms with E-state index in [0.717, 1.165) is 12.0 Å². The molecule has 2 aromatic rings. The van der Waals surface area contributed by atoms with Crippen LogP contribution < -0.4 is 25.2 Å². The van der Waals surface area contributed by atoms with Gasteiger partial charge < -0.3 is 24.8 Å². The average Bonchev–Trinajstić information content (AvgIpc) is 3.58. The largest absolute Gasteiger partial charge is 0.493 e. The molecule has 3 rings (SSSR count). The second kappa shape index (κ2) is 11.4. The molecule has 0 unspecified atom stereocenters. The molecule has 36 heavy (non-hydrogen) atoms. The fraction of sp³-hybridized carbons (Fsp3) is 0.375. The van der Waals surface area contributed by atoms with E-state index in [1.807, 2.05) is 6.92 Å². The molecule has 12 heteroatoms. The topological polar surface area (TPSA) is 163 Å². The minimum atomic E-state index is -3.77. The number of esters is 1. The number of nitrogens with one attached hydrogen (secondary N) is 2. The molecule has 1 aliphatic carbocycles. The van der Waals surface area contributed by atoms with Gasteiger partial charge in [0.15, 0.2) is 18.1 Å². The second-order valence-electron chi connectivity index (χ2n) is 8.43. The summed E-state index contributed by atoms with van der Waals surface area (Å²) in [5.74, 6) is -0.812. The number of methoxy groups -OCH3 is 2. The molecule has 1 aliphatic rings. The van der Waals surface area contributed by atoms with Crippen molar-refractivity contribution >= 4 is 33.5 Å². The molecule has 0 aromatic heterocycles. The van der Waals surface area contributed by atoms with Crippen molar-refractivity contribution in [2.24, 2.45) is 17.0 Å². The first-order chi connectivity index (χ1) is 17.0. The van der Waals surface area contributed by atoms with Gasteiger partial charge in [-0.25, -0.2) is 18.4 Å². The van der Waals surface area contributed by atoms with Crippen LogP contribution >= 0.6 is 0 Å². The lowest BCUT2D eigenvalue weighted by Gasteiger charge is -2.15. The highest BCUT2D eigenvalue weighted by atomic mass is 32.2. The zero-order chi connectivity index (χ0) is 26.5. The molecule has 1 fully saturated rings. The van der Waals surface area contributed by atoms with Crippen LogP contribution in [0.5, 0.6) is 11.5 Å². The van der Waals surface area contributed by atoms with E-state index in [9.17, 15) is 22.8 Å². The van der Waals surface area contributed by atoms with E-state index in [0.29, 0.717) is 12.2 Å². The van der Waals surface area contributed by atoms with Crippen molar-refractivity contribution in [1.82, 2.24) is 5.32 Å². The van der Waals surface area contributed by atoms with Crippen LogP contribution in [-0.4, -0.2) is 53.6 Å². The molecular formula is C24H29N3O8S. The molecule has 2 atom stereocenters. The number of amides is 2. The minimum Gasteiger partial charge on any atom is -0.493 e. The summed E-state index contributed by atoms with van der Waals surface area (Å²) in [5, 5.41) is 10.4. The zero-order valence-electron chi connectivity index (χ0n) is 20.2. The number of carbonyl (C=O) groups is 3. The van der Waals surface area contributed by atoms with Crippen molar-refractivity contribution in [3.8, 4) is 11.5 Å². The van der Waals surface area contributed by atoms with Crippen LogP contribution in [0.15, 0.2) is 41.3 Å². The van der Waals surface area contributed by atoms with Gasteiger partial charge in [0, 0.05) is 24.6 Å². The summed E-state index contributed by atoms with van der Waals surface area (Å²) in [4.78, 5) is 37.4. The average molecular weight is 520 g/mol. The molecule has 1 saturated carbocycles. The number of primary sulfonamides is 1. The number of hydrogen-bond acceptors (Lipinski definition) is 8. The Kier molecular flexibility index (Phi) is 8.53. The zero-order valence-corrected chi connectivity index (χ0v) is 21.0. The molecular weight excluding hydrogens is 490 g/mol. The number of carbonyl (C=O) groups excluding carboxylic acids is 3. The smallest absolute Gasteiger partial charge is 0.340 e. The third-order valence-corrected chi connectivity index (χ3v) is 6.70. The van der Waals surface area contributed by atoms with Crippen LogP contribution in [-0.2, 0) is 30.8 Å². The maximum absolute atomic E-state index is 12.8. The van der Waals surface area contributed by atoms with Crippen molar-refractivity contribution in [3.63, 3.8) is 0 Å². The van der Waals surface area contributed by atoms with Crippen LogP contribution in [0.25, 0.3) is 0 Å². The molecule has 0 saturated heterocycles. The first-order valence-electron chi connectivity index (χ1n) is 11.2. The highest BCUT2D eigenvalue weighted by molar-refractivity contribution is 7.89. The third-order valence-electron chi connectivity index (χ3n) is 5.77. The standard InChI is InChI=1S/C24H29N3O8S/c1-14-10-17(14)23(29)27-19-12-21(34-3)20(33-2)11-18(19)24(30)35-13-22(28)26-9-8-15-4-6-16(7-5-15)36(25,31)32/h4-7,11-12,14,17H,8-10,13H2,1-3H3,(H,26,28)(H,27,29)(H2,25,31,32)/t14-,17-/m0/s1. The first kappa shape index (κ1) is 27.0. The lowest BCUT2D eigenvalue weighted by Crippen LogP contribution is -2.30. The maximum atomic E-state index is 12.8. The van der Waals surface area contributed by atoms with E-state index in [2.05, 4.69) is 10.6 Å². The molecule has 0 spiro atoms. The van der Waals surface area contributed by atoms with Gasteiger partial charge in [-0.05, 0) is 36.5 Å². The Labute approximate surface area is 209 Å². The summed E-state index contributed by atoms with van der Waals surface area (Å²) >= 11 is 0. The minimum absolute atomic E-state index is 0.000405. The van der Waals surface area contributed by atoms with E-state index in [1.54, 1.807) is 12.1 Å². The quantitative estimate of drug-likeness (QED) is 0.376. The van der Waals surface area contributed by atoms with E-state index < -0.39 is 28.5 Å². The molecule has 0 bridgehead atoms. The van der Waals surface area contributed by atoms with Crippen LogP contribution in [0, 0.1) is 11.8 Å². The molecule has 0 radical (unpaired) electrons. The first-order valence-corrected chi connectivity index (χ1v) is 12.7. The Bertz CT molecular complexity index is 1240. The molecule has 11 nitrogen and oxygen atoms in total. The lowest BCUT2D eigenvalue weighted by molar-refractivity contribution is -0.124. The second-order valence-corrected chi connectivity index (χ2v) is 9.99. The van der Waals surface area contributed by atoms with E-state index >= 15 is 0 Å². The third kappa shape index (κ3) is 6.95. The molecule has 0 heterocycles. The van der Waals surface area contributed by atoms with Gasteiger partial charge in [-0.2, -0.15) is 0 Å². The Morgan fingerprint density at radius 3 is 2.22 bits per heavy atom. The van der Waals surface area contributed by atoms with Gasteiger partial charge in [0.1, 0.15) is 0 Å². The van der Waals surface area contributed by atoms with Crippen LogP contribution in [0.1, 0.15) is 29.3 Å². The lowest BCUT2D eigenvalue weighted by atomic mass is 10.1. The number of benzene rings is 2. The van der Waals surface area contributed by atoms with Crippen molar-refractivity contribution in [2.45, 2.75) is 24.7 Å². The van der Waals surface area contributed by atoms with Crippen molar-refractivity contribution < 1.29 is 37.0 Å². The van der Waals surface area contributed by atoms with E-state index in [-0.39, 0.29) is 46.2 Å². The normalized spacial score (nSPS) is 16.6. The van der Waals surface area contributed by atoms with E-state index in [4.69, 9.17) is 19.3 Å². The summed E-state index contributed by atoms with van der Waals surface area (Å²) in [6, 6.07) is 8.83. The Balaban J connectivity index is 1.57. The molecule has 194 valence electrons. The van der Waals surface area contributed by atoms with Gasteiger partial charge in [-0.15, -0.1) is 0 Å². The van der Waals surface area contributed by atoms with Gasteiger partial charge >= 0.3 is 5.97 Å². The number of rotatable bonds is 11. The number of hydrogen-bond donors (Lipinski definition) is 3. The van der Waals surface area contributed by atoms with Gasteiger partial charge in [0.2, 0.25) is 15.9 Å². The maximum Gasteiger partial charge on any atom is 0.340 e. The predicted octanol–water partition coefficient (Wildman–Crippen LogP) is 1.46. The Morgan fingerprint density at radius 1 is 1.06 bits per heavy atom. The fourth-order valence-electron chi connectivity index (χ4n) is 3.52. The number of ether oxygens (including phenoxy) is 3. The fourth-order valence-corrected chi connectivity index (χ4v) is 4.03. The number of nitrogens with two attached hydrogens (primary N) is 1. The van der Waals surface area contributed by atoms with Gasteiger partial charge in [0.05, 0.1) is 30.4 Å². The number of anilines is 1. The highest BCUT2D eigenvalue weighted by Gasteiger charge is 2.39. The summed E-state index contributed by atoms with van der Waals surface area (Å²) in [7, 11) is -0.927. The van der Waals surface area contributed by atoms with Gasteiger partial charge in [-0.1, -0.05) is 19.1 Å². The van der Waals surface area contributed by atoms with Crippen LogP contribution in [0.4, 0.5) is 5.69 Å². The van der Waals surface area contributed by atoms with Crippen molar-refractivity contribution in [1.29, 1.82) is 0 Å². The summed E-state index contributed by atoms with van der Waals surface area (Å²) < 4.78 is 38.3. The summed E-state index contributed by atoms with van der Waals surface area (Å²) in [6.45, 7) is 1.67. The SMILES string of the molecule is COc1cc(NC(=O)[C@H]2C[C@@H]2C)c(C(=O)OCC(=O)NCCc2ccc(S(N)(=O)=O)cc2)cc1OC. The Hall–Kier alpha value is -3.64. The number of sulfonamides is 1. The highest BCUT2D eigenvalue weighted by Crippen LogP contribution is 2.40. The van der Waals surface area contributed by atoms with Crippen molar-refractivity contribution in [2.75, 3.05) is 32.7 Å². The molecule has 0 aliphatic heterocycles. The van der Waals surface area contributed by atoms with Gasteiger partial charge in [0.25, 0.3) is 5.91 Å². The summed E-state index contributed by atoms with van der Waals surface area (Å²) in [5.41, 5.74) is 1.01. The molecule has 2 aromatic carbocycles. The van der Waals surface area contributed by atoms with Gasteiger partial charge in [-0.3, -0.25) is 9.59 Å². The molecule has 2 amide bonds. The van der Waals surface area contributed by atoms with Crippen LogP contribution in [0.3, 0.4) is 0 Å². The summed E-state index contributed by atoms with van der Waals surface area (Å²) in [6.07, 6.45) is 1.20. The molecule has 4 N–H and O–H groups in total. The predicted molar refractivity (Wildman–Crippen MR) is 130 cm³/mol.